The summed E-state index contributed by atoms with van der Waals surface area (Å²) >= 11 is 0. The lowest BCUT2D eigenvalue weighted by molar-refractivity contribution is -0.132. The molecule has 2 aromatic rings. The van der Waals surface area contributed by atoms with E-state index >= 15 is 0 Å². The fraction of sp³-hybridized carbons (Fsp3) is 0.621. The quantitative estimate of drug-likeness (QED) is 0.589. The maximum Gasteiger partial charge on any atom is 0.292 e. The van der Waals surface area contributed by atoms with Gasteiger partial charge in [-0.05, 0) is 67.9 Å². The number of aromatic nitrogens is 1. The maximum atomic E-state index is 13.1. The Labute approximate surface area is 215 Å². The van der Waals surface area contributed by atoms with E-state index in [1.807, 2.05) is 29.0 Å². The van der Waals surface area contributed by atoms with Gasteiger partial charge in [-0.15, -0.1) is 0 Å². The van der Waals surface area contributed by atoms with Gasteiger partial charge in [-0.1, -0.05) is 43.6 Å². The smallest absolute Gasteiger partial charge is 0.292 e. The van der Waals surface area contributed by atoms with E-state index in [1.54, 1.807) is 6.07 Å². The molecule has 1 saturated heterocycles. The van der Waals surface area contributed by atoms with Gasteiger partial charge in [0.05, 0.1) is 12.3 Å². The van der Waals surface area contributed by atoms with Gasteiger partial charge in [-0.2, -0.15) is 0 Å². The first kappa shape index (κ1) is 26.2. The molecule has 0 saturated carbocycles. The molecule has 0 radical (unpaired) electrons. The highest BCUT2D eigenvalue weighted by Gasteiger charge is 2.38. The molecular weight excluding hydrogens is 454 g/mol. The Balaban J connectivity index is 1.41. The van der Waals surface area contributed by atoms with Crippen molar-refractivity contribution >= 4 is 11.8 Å². The summed E-state index contributed by atoms with van der Waals surface area (Å²) in [4.78, 5) is 29.8. The summed E-state index contributed by atoms with van der Waals surface area (Å²) in [7, 11) is 1.93. The fourth-order valence-electron chi connectivity index (χ4n) is 5.61. The number of piperidine rings is 1. The number of hydrogen-bond donors (Lipinski definition) is 0. The number of carbonyl (C=O) groups excluding carboxylic acids is 2. The summed E-state index contributed by atoms with van der Waals surface area (Å²) in [6.07, 6.45) is 8.01. The molecule has 0 bridgehead atoms. The number of fused-ring (bicyclic) bond motifs is 1. The van der Waals surface area contributed by atoms with Gasteiger partial charge in [-0.25, -0.2) is 0 Å². The van der Waals surface area contributed by atoms with Gasteiger partial charge in [0.15, 0.2) is 0 Å². The van der Waals surface area contributed by atoms with Crippen LogP contribution < -0.4 is 4.74 Å². The van der Waals surface area contributed by atoms with E-state index in [2.05, 4.69) is 31.1 Å². The minimum absolute atomic E-state index is 0.0333. The lowest BCUT2D eigenvalue weighted by Gasteiger charge is -2.44. The van der Waals surface area contributed by atoms with Crippen LogP contribution in [0.2, 0.25) is 0 Å². The van der Waals surface area contributed by atoms with Crippen molar-refractivity contribution in [3.05, 3.63) is 47.3 Å². The number of nitrogens with zero attached hydrogens (tertiary/aromatic N) is 3. The van der Waals surface area contributed by atoms with Crippen LogP contribution in [-0.4, -0.2) is 60.1 Å². The van der Waals surface area contributed by atoms with Gasteiger partial charge >= 0.3 is 0 Å². The summed E-state index contributed by atoms with van der Waals surface area (Å²) in [5.74, 6) is 1.83. The van der Waals surface area contributed by atoms with Crippen molar-refractivity contribution in [1.82, 2.24) is 15.0 Å². The molecule has 7 nitrogen and oxygen atoms in total. The first-order valence-corrected chi connectivity index (χ1v) is 13.5. The highest BCUT2D eigenvalue weighted by molar-refractivity contribution is 5.91. The average Bonchev–Trinajstić information content (AvgIpc) is 3.32. The van der Waals surface area contributed by atoms with Crippen LogP contribution in [0.1, 0.15) is 80.6 Å². The zero-order chi connectivity index (χ0) is 25.5. The minimum Gasteiger partial charge on any atom is -0.493 e. The van der Waals surface area contributed by atoms with Gasteiger partial charge in [0, 0.05) is 39.2 Å². The Morgan fingerprint density at radius 1 is 1.08 bits per heavy atom. The molecule has 1 spiro atoms. The molecule has 2 aliphatic heterocycles. The standard InChI is InChI=1S/C29H41N3O4/c1-22(2)19-24-20-26(36-30-24)28(34)32-16-14-29(15-17-32)13-7-6-10-23-9-4-5-11-25(23)35-18-8-12-27(33)31(3)21-29/h4-5,9,11,20,22H,6-8,10,12-19,21H2,1-3H3. The third-order valence-electron chi connectivity index (χ3n) is 7.67. The largest absolute Gasteiger partial charge is 0.493 e. The van der Waals surface area contributed by atoms with Crippen molar-refractivity contribution in [2.75, 3.05) is 33.3 Å². The summed E-state index contributed by atoms with van der Waals surface area (Å²) in [5, 5.41) is 4.09. The lowest BCUT2D eigenvalue weighted by Crippen LogP contribution is -2.48. The molecular formula is C29H41N3O4. The number of amides is 2. The van der Waals surface area contributed by atoms with Crippen molar-refractivity contribution in [3.8, 4) is 5.75 Å². The van der Waals surface area contributed by atoms with Crippen LogP contribution in [0.15, 0.2) is 34.9 Å². The van der Waals surface area contributed by atoms with E-state index in [4.69, 9.17) is 9.26 Å². The molecule has 0 atom stereocenters. The second kappa shape index (κ2) is 11.9. The highest BCUT2D eigenvalue weighted by Crippen LogP contribution is 2.38. The Kier molecular flexibility index (Phi) is 8.70. The predicted molar refractivity (Wildman–Crippen MR) is 139 cm³/mol. The van der Waals surface area contributed by atoms with Crippen molar-refractivity contribution in [2.45, 2.75) is 71.6 Å². The molecule has 1 fully saturated rings. The topological polar surface area (TPSA) is 75.9 Å². The number of likely N-dealkylation sites (tertiary alicyclic amines) is 1. The molecule has 1 aromatic heterocycles. The maximum absolute atomic E-state index is 13.1. The highest BCUT2D eigenvalue weighted by atomic mass is 16.5. The Bertz CT molecular complexity index is 1020. The second-order valence-corrected chi connectivity index (χ2v) is 11.1. The van der Waals surface area contributed by atoms with E-state index in [9.17, 15) is 9.59 Å². The Hall–Kier alpha value is -2.83. The van der Waals surface area contributed by atoms with E-state index in [1.165, 1.54) is 5.56 Å². The minimum atomic E-state index is -0.0747. The monoisotopic (exact) mass is 495 g/mol. The summed E-state index contributed by atoms with van der Waals surface area (Å²) in [5.41, 5.74) is 2.11. The summed E-state index contributed by atoms with van der Waals surface area (Å²) in [6, 6.07) is 10.1. The summed E-state index contributed by atoms with van der Waals surface area (Å²) < 4.78 is 11.4. The fourth-order valence-corrected chi connectivity index (χ4v) is 5.61. The molecule has 1 aromatic carbocycles. The Morgan fingerprint density at radius 2 is 1.86 bits per heavy atom. The van der Waals surface area contributed by atoms with Crippen molar-refractivity contribution in [3.63, 3.8) is 0 Å². The molecule has 0 unspecified atom stereocenters. The van der Waals surface area contributed by atoms with Crippen molar-refractivity contribution in [2.24, 2.45) is 11.3 Å². The van der Waals surface area contributed by atoms with E-state index in [0.29, 0.717) is 44.2 Å². The zero-order valence-electron chi connectivity index (χ0n) is 22.1. The van der Waals surface area contributed by atoms with E-state index in [-0.39, 0.29) is 17.2 Å². The van der Waals surface area contributed by atoms with Crippen LogP contribution in [0, 0.1) is 11.3 Å². The van der Waals surface area contributed by atoms with Gasteiger partial charge in [0.1, 0.15) is 5.75 Å². The number of para-hydroxylation sites is 1. The van der Waals surface area contributed by atoms with Crippen LogP contribution in [-0.2, 0) is 17.6 Å². The van der Waals surface area contributed by atoms with Crippen LogP contribution in [0.5, 0.6) is 5.75 Å². The number of hydrogen-bond acceptors (Lipinski definition) is 5. The normalized spacial score (nSPS) is 19.6. The van der Waals surface area contributed by atoms with Gasteiger partial charge in [-0.3, -0.25) is 9.59 Å². The first-order valence-electron chi connectivity index (χ1n) is 13.5. The number of benzene rings is 1. The first-order chi connectivity index (χ1) is 17.3. The van der Waals surface area contributed by atoms with Crippen LogP contribution in [0.25, 0.3) is 0 Å². The molecule has 36 heavy (non-hydrogen) atoms. The lowest BCUT2D eigenvalue weighted by atomic mass is 9.73. The van der Waals surface area contributed by atoms with Gasteiger partial charge in [0.2, 0.25) is 11.7 Å². The number of ether oxygens (including phenoxy) is 1. The third kappa shape index (κ3) is 6.68. The number of carbonyl (C=O) groups is 2. The van der Waals surface area contributed by atoms with Gasteiger partial charge < -0.3 is 19.1 Å². The zero-order valence-corrected chi connectivity index (χ0v) is 22.1. The molecule has 0 N–H and O–H groups in total. The predicted octanol–water partition coefficient (Wildman–Crippen LogP) is 5.14. The molecule has 0 aliphatic carbocycles. The Morgan fingerprint density at radius 3 is 2.64 bits per heavy atom. The van der Waals surface area contributed by atoms with Crippen LogP contribution >= 0.6 is 0 Å². The van der Waals surface area contributed by atoms with Crippen LogP contribution in [0.4, 0.5) is 0 Å². The van der Waals surface area contributed by atoms with Crippen molar-refractivity contribution in [1.29, 1.82) is 0 Å². The van der Waals surface area contributed by atoms with Crippen molar-refractivity contribution < 1.29 is 18.8 Å². The SMILES string of the molecule is CC(C)Cc1cc(C(=O)N2CCC3(CCCCc4ccccc4OCCCC(=O)N(C)C3)CC2)on1. The molecule has 3 heterocycles. The molecule has 196 valence electrons. The average molecular weight is 496 g/mol. The molecule has 4 rings (SSSR count). The number of rotatable bonds is 3. The van der Waals surface area contributed by atoms with E-state index < -0.39 is 0 Å². The van der Waals surface area contributed by atoms with E-state index in [0.717, 1.165) is 62.9 Å². The second-order valence-electron chi connectivity index (χ2n) is 11.1. The molecule has 2 amide bonds. The molecule has 2 aliphatic rings. The third-order valence-corrected chi connectivity index (χ3v) is 7.67. The summed E-state index contributed by atoms with van der Waals surface area (Å²) in [6.45, 7) is 6.91. The van der Waals surface area contributed by atoms with Gasteiger partial charge in [0.25, 0.3) is 5.91 Å². The number of aryl methyl sites for hydroxylation is 1. The molecule has 7 heteroatoms. The van der Waals surface area contributed by atoms with Crippen LogP contribution in [0.3, 0.4) is 0 Å².